The largest absolute Gasteiger partial charge is 0.379 e. The van der Waals surface area contributed by atoms with Crippen molar-refractivity contribution >= 4 is 0 Å². The third-order valence-corrected chi connectivity index (χ3v) is 5.36. The Balaban J connectivity index is 1.99. The Morgan fingerprint density at radius 2 is 2.05 bits per heavy atom. The van der Waals surface area contributed by atoms with Crippen LogP contribution in [0.1, 0.15) is 59.8 Å². The Bertz CT molecular complexity index is 325. The molecule has 1 heterocycles. The summed E-state index contributed by atoms with van der Waals surface area (Å²) in [6.07, 6.45) is 6.73. The Hall–Kier alpha value is -0.120. The average molecular weight is 297 g/mol. The van der Waals surface area contributed by atoms with Gasteiger partial charge in [-0.25, -0.2) is 0 Å². The first-order chi connectivity index (χ1) is 9.88. The molecule has 124 valence electrons. The number of ether oxygens (including phenoxy) is 2. The molecule has 2 fully saturated rings. The van der Waals surface area contributed by atoms with E-state index in [2.05, 4.69) is 33.0 Å². The van der Waals surface area contributed by atoms with Gasteiger partial charge in [-0.1, -0.05) is 13.8 Å². The molecule has 2 rings (SSSR count). The van der Waals surface area contributed by atoms with Gasteiger partial charge in [-0.05, 0) is 64.3 Å². The Morgan fingerprint density at radius 1 is 1.33 bits per heavy atom. The van der Waals surface area contributed by atoms with E-state index in [1.54, 1.807) is 0 Å². The van der Waals surface area contributed by atoms with Gasteiger partial charge >= 0.3 is 0 Å². The van der Waals surface area contributed by atoms with Crippen LogP contribution in [-0.4, -0.2) is 38.5 Å². The summed E-state index contributed by atoms with van der Waals surface area (Å²) < 4.78 is 11.8. The highest BCUT2D eigenvalue weighted by molar-refractivity contribution is 5.01. The van der Waals surface area contributed by atoms with Crippen LogP contribution < -0.4 is 5.32 Å². The van der Waals surface area contributed by atoms with E-state index in [0.29, 0.717) is 17.4 Å². The number of hydrogen-bond donors (Lipinski definition) is 1. The van der Waals surface area contributed by atoms with Gasteiger partial charge in [0, 0.05) is 25.7 Å². The average Bonchev–Trinajstić information content (AvgIpc) is 3.18. The van der Waals surface area contributed by atoms with Crippen LogP contribution in [-0.2, 0) is 9.47 Å². The molecule has 1 saturated carbocycles. The van der Waals surface area contributed by atoms with Crippen LogP contribution >= 0.6 is 0 Å². The summed E-state index contributed by atoms with van der Waals surface area (Å²) in [5.41, 5.74) is 0.299. The number of methoxy groups -OCH3 is 1. The van der Waals surface area contributed by atoms with Crippen molar-refractivity contribution in [3.05, 3.63) is 0 Å². The van der Waals surface area contributed by atoms with Gasteiger partial charge in [-0.2, -0.15) is 0 Å². The van der Waals surface area contributed by atoms with Crippen LogP contribution in [0.4, 0.5) is 0 Å². The summed E-state index contributed by atoms with van der Waals surface area (Å²) in [6, 6.07) is 0. The van der Waals surface area contributed by atoms with Crippen LogP contribution in [0.3, 0.4) is 0 Å². The van der Waals surface area contributed by atoms with Gasteiger partial charge in [0.2, 0.25) is 0 Å². The van der Waals surface area contributed by atoms with Gasteiger partial charge < -0.3 is 14.8 Å². The predicted octanol–water partition coefficient (Wildman–Crippen LogP) is 3.62. The van der Waals surface area contributed by atoms with Crippen LogP contribution in [0.2, 0.25) is 0 Å². The first-order valence-electron chi connectivity index (χ1n) is 8.76. The normalized spacial score (nSPS) is 30.3. The van der Waals surface area contributed by atoms with Crippen molar-refractivity contribution in [3.8, 4) is 0 Å². The molecule has 0 aromatic rings. The standard InChI is InChI=1S/C18H35NO2/c1-14(2)12-19-13-18(9-8-17(3,4)20-5)10-11-21-16(18)15-6-7-15/h14-16,19H,6-13H2,1-5H3. The fourth-order valence-corrected chi connectivity index (χ4v) is 3.55. The second-order valence-electron chi connectivity index (χ2n) is 8.23. The number of rotatable bonds is 9. The lowest BCUT2D eigenvalue weighted by molar-refractivity contribution is -0.0161. The van der Waals surface area contributed by atoms with Gasteiger partial charge in [0.25, 0.3) is 0 Å². The first kappa shape index (κ1) is 17.2. The minimum absolute atomic E-state index is 0.0261. The van der Waals surface area contributed by atoms with Gasteiger partial charge in [-0.3, -0.25) is 0 Å². The monoisotopic (exact) mass is 297 g/mol. The second kappa shape index (κ2) is 6.97. The van der Waals surface area contributed by atoms with Crippen LogP contribution in [0.5, 0.6) is 0 Å². The van der Waals surface area contributed by atoms with Crippen LogP contribution in [0.25, 0.3) is 0 Å². The van der Waals surface area contributed by atoms with Crippen LogP contribution in [0.15, 0.2) is 0 Å². The molecule has 0 radical (unpaired) electrons. The van der Waals surface area contributed by atoms with Crippen molar-refractivity contribution in [3.63, 3.8) is 0 Å². The summed E-state index contributed by atoms with van der Waals surface area (Å²) >= 11 is 0. The maximum absolute atomic E-state index is 6.17. The second-order valence-corrected chi connectivity index (χ2v) is 8.23. The maximum Gasteiger partial charge on any atom is 0.0672 e. The summed E-state index contributed by atoms with van der Waals surface area (Å²) in [4.78, 5) is 0. The SMILES string of the molecule is COC(C)(C)CCC1(CNCC(C)C)CCOC1C1CC1. The fourth-order valence-electron chi connectivity index (χ4n) is 3.55. The molecule has 1 aliphatic carbocycles. The smallest absolute Gasteiger partial charge is 0.0672 e. The molecule has 0 aromatic heterocycles. The molecular formula is C18H35NO2. The molecule has 3 heteroatoms. The van der Waals surface area contributed by atoms with E-state index in [9.17, 15) is 0 Å². The zero-order chi connectivity index (χ0) is 15.5. The molecule has 1 saturated heterocycles. The Morgan fingerprint density at radius 3 is 2.62 bits per heavy atom. The molecular weight excluding hydrogens is 262 g/mol. The summed E-state index contributed by atoms with van der Waals surface area (Å²) in [6.45, 7) is 12.1. The molecule has 3 nitrogen and oxygen atoms in total. The Kier molecular flexibility index (Phi) is 5.72. The highest BCUT2D eigenvalue weighted by atomic mass is 16.5. The van der Waals surface area contributed by atoms with Gasteiger partial charge in [0.15, 0.2) is 0 Å². The lowest BCUT2D eigenvalue weighted by Gasteiger charge is -2.37. The van der Waals surface area contributed by atoms with E-state index in [-0.39, 0.29) is 5.60 Å². The molecule has 2 unspecified atom stereocenters. The lowest BCUT2D eigenvalue weighted by Crippen LogP contribution is -2.44. The molecule has 0 spiro atoms. The van der Waals surface area contributed by atoms with E-state index in [4.69, 9.17) is 9.47 Å². The van der Waals surface area contributed by atoms with E-state index in [1.165, 1.54) is 25.7 Å². The molecule has 2 aliphatic rings. The van der Waals surface area contributed by atoms with Gasteiger partial charge in [-0.15, -0.1) is 0 Å². The van der Waals surface area contributed by atoms with Crippen molar-refractivity contribution in [2.24, 2.45) is 17.3 Å². The quantitative estimate of drug-likeness (QED) is 0.705. The zero-order valence-electron chi connectivity index (χ0n) is 14.7. The van der Waals surface area contributed by atoms with Crippen molar-refractivity contribution in [1.29, 1.82) is 0 Å². The highest BCUT2D eigenvalue weighted by Gasteiger charge is 2.50. The zero-order valence-corrected chi connectivity index (χ0v) is 14.7. The molecule has 0 amide bonds. The van der Waals surface area contributed by atoms with Gasteiger partial charge in [0.05, 0.1) is 11.7 Å². The van der Waals surface area contributed by atoms with E-state index >= 15 is 0 Å². The lowest BCUT2D eigenvalue weighted by atomic mass is 9.73. The third-order valence-electron chi connectivity index (χ3n) is 5.36. The molecule has 2 atom stereocenters. The topological polar surface area (TPSA) is 30.5 Å². The molecule has 0 aromatic carbocycles. The number of nitrogens with one attached hydrogen (secondary N) is 1. The van der Waals surface area contributed by atoms with Crippen molar-refractivity contribution in [1.82, 2.24) is 5.32 Å². The minimum Gasteiger partial charge on any atom is -0.379 e. The first-order valence-corrected chi connectivity index (χ1v) is 8.76. The van der Waals surface area contributed by atoms with Gasteiger partial charge in [0.1, 0.15) is 0 Å². The van der Waals surface area contributed by atoms with Crippen molar-refractivity contribution in [2.75, 3.05) is 26.8 Å². The summed E-state index contributed by atoms with van der Waals surface area (Å²) in [7, 11) is 1.83. The van der Waals surface area contributed by atoms with Crippen LogP contribution in [0, 0.1) is 17.3 Å². The maximum atomic E-state index is 6.17. The van der Waals surface area contributed by atoms with E-state index in [1.807, 2.05) is 7.11 Å². The minimum atomic E-state index is -0.0261. The molecule has 0 bridgehead atoms. The fraction of sp³-hybridized carbons (Fsp3) is 1.00. The van der Waals surface area contributed by atoms with Crippen molar-refractivity contribution < 1.29 is 9.47 Å². The molecule has 1 aliphatic heterocycles. The highest BCUT2D eigenvalue weighted by Crippen LogP contribution is 2.50. The van der Waals surface area contributed by atoms with Crippen molar-refractivity contribution in [2.45, 2.75) is 71.5 Å². The number of hydrogen-bond acceptors (Lipinski definition) is 3. The summed E-state index contributed by atoms with van der Waals surface area (Å²) in [5.74, 6) is 1.53. The van der Waals surface area contributed by atoms with E-state index < -0.39 is 0 Å². The summed E-state index contributed by atoms with van der Waals surface area (Å²) in [5, 5.41) is 3.71. The van der Waals surface area contributed by atoms with E-state index in [0.717, 1.165) is 32.0 Å². The molecule has 1 N–H and O–H groups in total. The third kappa shape index (κ3) is 4.67. The molecule has 21 heavy (non-hydrogen) atoms. The predicted molar refractivity (Wildman–Crippen MR) is 87.5 cm³/mol. The Labute approximate surface area is 131 Å².